The van der Waals surface area contributed by atoms with Gasteiger partial charge in [-0.2, -0.15) is 0 Å². The second kappa shape index (κ2) is 7.50. The lowest BCUT2D eigenvalue weighted by atomic mass is 10.0. The van der Waals surface area contributed by atoms with Crippen molar-refractivity contribution in [2.75, 3.05) is 16.8 Å². The van der Waals surface area contributed by atoms with E-state index >= 15 is 0 Å². The SMILES string of the molecule is O=C1CCC(N2Cc3cc(NC(=O)N4CCCc5ncccc54)ccc3C2=O)C(=O)N1. The Morgan fingerprint density at radius 2 is 2.03 bits per heavy atom. The second-order valence-corrected chi connectivity index (χ2v) is 7.93. The summed E-state index contributed by atoms with van der Waals surface area (Å²) < 4.78 is 0. The number of carbonyl (C=O) groups is 4. The lowest BCUT2D eigenvalue weighted by Crippen LogP contribution is -2.52. The number of urea groups is 1. The zero-order valence-corrected chi connectivity index (χ0v) is 16.8. The normalized spacial score (nSPS) is 20.3. The summed E-state index contributed by atoms with van der Waals surface area (Å²) in [6.07, 6.45) is 3.94. The number of anilines is 2. The van der Waals surface area contributed by atoms with Crippen LogP contribution in [0.1, 0.15) is 40.9 Å². The first kappa shape index (κ1) is 19.2. The van der Waals surface area contributed by atoms with Crippen LogP contribution in [0.15, 0.2) is 36.5 Å². The zero-order valence-electron chi connectivity index (χ0n) is 16.8. The summed E-state index contributed by atoms with van der Waals surface area (Å²) in [4.78, 5) is 56.8. The number of amides is 5. The minimum atomic E-state index is -0.659. The molecule has 0 aliphatic carbocycles. The van der Waals surface area contributed by atoms with Gasteiger partial charge in [0, 0.05) is 37.0 Å². The zero-order chi connectivity index (χ0) is 21.5. The number of nitrogens with one attached hydrogen (secondary N) is 2. The molecule has 9 heteroatoms. The van der Waals surface area contributed by atoms with Crippen LogP contribution in [0.2, 0.25) is 0 Å². The van der Waals surface area contributed by atoms with E-state index in [0.717, 1.165) is 29.8 Å². The molecule has 0 saturated carbocycles. The van der Waals surface area contributed by atoms with Crippen LogP contribution < -0.4 is 15.5 Å². The van der Waals surface area contributed by atoms with Gasteiger partial charge in [-0.1, -0.05) is 0 Å². The van der Waals surface area contributed by atoms with E-state index < -0.39 is 11.9 Å². The molecule has 5 amide bonds. The first-order valence-corrected chi connectivity index (χ1v) is 10.3. The highest BCUT2D eigenvalue weighted by molar-refractivity contribution is 6.06. The highest BCUT2D eigenvalue weighted by Gasteiger charge is 2.39. The van der Waals surface area contributed by atoms with E-state index in [-0.39, 0.29) is 30.8 Å². The van der Waals surface area contributed by atoms with Crippen molar-refractivity contribution >= 4 is 35.1 Å². The molecule has 3 aliphatic heterocycles. The predicted molar refractivity (Wildman–Crippen MR) is 111 cm³/mol. The maximum Gasteiger partial charge on any atom is 0.326 e. The van der Waals surface area contributed by atoms with Gasteiger partial charge >= 0.3 is 6.03 Å². The number of aryl methyl sites for hydroxylation is 1. The van der Waals surface area contributed by atoms with Gasteiger partial charge in [0.15, 0.2) is 0 Å². The lowest BCUT2D eigenvalue weighted by molar-refractivity contribution is -0.136. The first-order chi connectivity index (χ1) is 15.0. The van der Waals surface area contributed by atoms with Crippen LogP contribution in [0.3, 0.4) is 0 Å². The van der Waals surface area contributed by atoms with E-state index in [9.17, 15) is 19.2 Å². The van der Waals surface area contributed by atoms with E-state index in [4.69, 9.17) is 0 Å². The van der Waals surface area contributed by atoms with Crippen LogP contribution in [0.25, 0.3) is 0 Å². The van der Waals surface area contributed by atoms with Gasteiger partial charge < -0.3 is 10.2 Å². The molecule has 9 nitrogen and oxygen atoms in total. The summed E-state index contributed by atoms with van der Waals surface area (Å²) >= 11 is 0. The quantitative estimate of drug-likeness (QED) is 0.722. The summed E-state index contributed by atoms with van der Waals surface area (Å²) in [5, 5.41) is 5.21. The number of benzene rings is 1. The molecule has 5 rings (SSSR count). The summed E-state index contributed by atoms with van der Waals surface area (Å²) in [5.74, 6) is -0.994. The molecule has 0 radical (unpaired) electrons. The predicted octanol–water partition coefficient (Wildman–Crippen LogP) is 1.83. The average Bonchev–Trinajstić information content (AvgIpc) is 3.09. The van der Waals surface area contributed by atoms with Crippen molar-refractivity contribution < 1.29 is 19.2 Å². The van der Waals surface area contributed by atoms with Crippen molar-refractivity contribution in [2.45, 2.75) is 38.3 Å². The fourth-order valence-corrected chi connectivity index (χ4v) is 4.45. The Kier molecular flexibility index (Phi) is 4.65. The number of hydrogen-bond acceptors (Lipinski definition) is 5. The Hall–Kier alpha value is -3.75. The van der Waals surface area contributed by atoms with Crippen molar-refractivity contribution in [1.29, 1.82) is 0 Å². The molecule has 1 atom stereocenters. The summed E-state index contributed by atoms with van der Waals surface area (Å²) in [7, 11) is 0. The molecule has 1 aromatic heterocycles. The van der Waals surface area contributed by atoms with Gasteiger partial charge in [-0.05, 0) is 55.2 Å². The number of nitrogens with zero attached hydrogens (tertiary/aromatic N) is 3. The van der Waals surface area contributed by atoms with Gasteiger partial charge in [0.2, 0.25) is 11.8 Å². The molecule has 1 saturated heterocycles. The third-order valence-electron chi connectivity index (χ3n) is 5.97. The van der Waals surface area contributed by atoms with Crippen molar-refractivity contribution in [3.05, 3.63) is 53.3 Å². The van der Waals surface area contributed by atoms with E-state index in [1.165, 1.54) is 4.90 Å². The molecule has 2 N–H and O–H groups in total. The van der Waals surface area contributed by atoms with Crippen LogP contribution in [0.5, 0.6) is 0 Å². The maximum absolute atomic E-state index is 12.9. The van der Waals surface area contributed by atoms with E-state index in [1.807, 2.05) is 12.1 Å². The van der Waals surface area contributed by atoms with Gasteiger partial charge in [-0.15, -0.1) is 0 Å². The smallest absolute Gasteiger partial charge is 0.322 e. The fourth-order valence-electron chi connectivity index (χ4n) is 4.45. The van der Waals surface area contributed by atoms with Gasteiger partial charge in [0.05, 0.1) is 11.4 Å². The molecule has 1 unspecified atom stereocenters. The number of pyridine rings is 1. The number of piperidine rings is 1. The summed E-state index contributed by atoms with van der Waals surface area (Å²) in [6, 6.07) is 7.93. The van der Waals surface area contributed by atoms with E-state index in [0.29, 0.717) is 24.2 Å². The Labute approximate surface area is 178 Å². The third kappa shape index (κ3) is 3.41. The average molecular weight is 419 g/mol. The minimum absolute atomic E-state index is 0.212. The number of aromatic nitrogens is 1. The molecule has 0 bridgehead atoms. The molecule has 158 valence electrons. The molecular weight excluding hydrogens is 398 g/mol. The molecule has 0 spiro atoms. The van der Waals surface area contributed by atoms with Crippen molar-refractivity contribution in [1.82, 2.24) is 15.2 Å². The van der Waals surface area contributed by atoms with E-state index in [2.05, 4.69) is 15.6 Å². The van der Waals surface area contributed by atoms with Crippen molar-refractivity contribution in [2.24, 2.45) is 0 Å². The van der Waals surface area contributed by atoms with Crippen LogP contribution >= 0.6 is 0 Å². The van der Waals surface area contributed by atoms with Crippen molar-refractivity contribution in [3.63, 3.8) is 0 Å². The third-order valence-corrected chi connectivity index (χ3v) is 5.97. The van der Waals surface area contributed by atoms with Crippen LogP contribution in [0.4, 0.5) is 16.2 Å². The number of imide groups is 1. The topological polar surface area (TPSA) is 112 Å². The Morgan fingerprint density at radius 1 is 1.16 bits per heavy atom. The van der Waals surface area contributed by atoms with Gasteiger partial charge in [0.1, 0.15) is 6.04 Å². The molecular formula is C22H21N5O4. The largest absolute Gasteiger partial charge is 0.326 e. The second-order valence-electron chi connectivity index (χ2n) is 7.93. The van der Waals surface area contributed by atoms with Crippen LogP contribution in [0, 0.1) is 0 Å². The minimum Gasteiger partial charge on any atom is -0.322 e. The molecule has 1 aromatic carbocycles. The van der Waals surface area contributed by atoms with Crippen LogP contribution in [-0.4, -0.2) is 46.2 Å². The highest BCUT2D eigenvalue weighted by atomic mass is 16.2. The van der Waals surface area contributed by atoms with Gasteiger partial charge in [-0.3, -0.25) is 29.6 Å². The molecule has 1 fully saturated rings. The van der Waals surface area contributed by atoms with Crippen LogP contribution in [-0.2, 0) is 22.6 Å². The number of rotatable bonds is 2. The Morgan fingerprint density at radius 3 is 2.87 bits per heavy atom. The Balaban J connectivity index is 1.32. The molecule has 2 aromatic rings. The number of hydrogen-bond donors (Lipinski definition) is 2. The lowest BCUT2D eigenvalue weighted by Gasteiger charge is -2.29. The van der Waals surface area contributed by atoms with Gasteiger partial charge in [-0.25, -0.2) is 4.79 Å². The highest BCUT2D eigenvalue weighted by Crippen LogP contribution is 2.30. The first-order valence-electron chi connectivity index (χ1n) is 10.3. The summed E-state index contributed by atoms with van der Waals surface area (Å²) in [5.41, 5.74) is 3.55. The van der Waals surface area contributed by atoms with Gasteiger partial charge in [0.25, 0.3) is 5.91 Å². The number of fused-ring (bicyclic) bond motifs is 2. The number of carbonyl (C=O) groups excluding carboxylic acids is 4. The maximum atomic E-state index is 12.9. The molecule has 4 heterocycles. The van der Waals surface area contributed by atoms with E-state index in [1.54, 1.807) is 29.3 Å². The summed E-state index contributed by atoms with van der Waals surface area (Å²) in [6.45, 7) is 0.873. The van der Waals surface area contributed by atoms with Crippen molar-refractivity contribution in [3.8, 4) is 0 Å². The monoisotopic (exact) mass is 419 g/mol. The fraction of sp³-hybridized carbons (Fsp3) is 0.318. The molecule has 3 aliphatic rings. The standard InChI is InChI=1S/C22H21N5O4/c28-19-8-7-18(20(29)25-19)27-12-13-11-14(5-6-15(13)21(27)30)24-22(31)26-10-2-3-16-17(26)4-1-9-23-16/h1,4-6,9,11,18H,2-3,7-8,10,12H2,(H,24,31)(H,25,28,29). The molecule has 31 heavy (non-hydrogen) atoms. The Bertz CT molecular complexity index is 1110.